The number of rotatable bonds is 4. The summed E-state index contributed by atoms with van der Waals surface area (Å²) in [6, 6.07) is 3.68. The second kappa shape index (κ2) is 5.22. The van der Waals surface area contributed by atoms with Crippen LogP contribution in [0.15, 0.2) is 24.4 Å². The van der Waals surface area contributed by atoms with Gasteiger partial charge < -0.3 is 4.74 Å². The molecule has 4 fully saturated rings. The summed E-state index contributed by atoms with van der Waals surface area (Å²) >= 11 is 0. The van der Waals surface area contributed by atoms with Crippen molar-refractivity contribution in [2.75, 3.05) is 7.11 Å². The third-order valence-electron chi connectivity index (χ3n) is 5.95. The minimum Gasteiger partial charge on any atom is -0.497 e. The van der Waals surface area contributed by atoms with Crippen molar-refractivity contribution in [1.82, 2.24) is 4.98 Å². The fraction of sp³-hybridized carbons (Fsp3) is 0.579. The van der Waals surface area contributed by atoms with E-state index >= 15 is 0 Å². The third kappa shape index (κ3) is 2.37. The van der Waals surface area contributed by atoms with Crippen LogP contribution in [0.4, 0.5) is 0 Å². The van der Waals surface area contributed by atoms with Crippen LogP contribution >= 0.6 is 0 Å². The molecule has 1 aromatic rings. The minimum absolute atomic E-state index is 0.0515. The van der Waals surface area contributed by atoms with Crippen LogP contribution in [-0.4, -0.2) is 17.9 Å². The van der Waals surface area contributed by atoms with Crippen molar-refractivity contribution in [3.8, 4) is 5.75 Å². The largest absolute Gasteiger partial charge is 0.497 e. The van der Waals surface area contributed by atoms with Gasteiger partial charge in [0.15, 0.2) is 5.78 Å². The number of carbonyl (C=O) groups excluding carboxylic acids is 1. The molecule has 0 atom stereocenters. The van der Waals surface area contributed by atoms with Crippen LogP contribution in [0.5, 0.6) is 5.75 Å². The highest BCUT2D eigenvalue weighted by Crippen LogP contribution is 2.60. The van der Waals surface area contributed by atoms with Gasteiger partial charge in [-0.3, -0.25) is 9.78 Å². The number of aromatic nitrogens is 1. The second-order valence-corrected chi connectivity index (χ2v) is 7.52. The first-order valence-corrected chi connectivity index (χ1v) is 8.39. The van der Waals surface area contributed by atoms with Crippen molar-refractivity contribution >= 4 is 11.9 Å². The molecule has 3 heteroatoms. The summed E-state index contributed by atoms with van der Waals surface area (Å²) in [4.78, 5) is 17.2. The summed E-state index contributed by atoms with van der Waals surface area (Å²) in [6.07, 6.45) is 12.8. The van der Waals surface area contributed by atoms with Crippen LogP contribution in [0, 0.1) is 23.2 Å². The highest BCUT2D eigenvalue weighted by molar-refractivity contribution is 5.98. The van der Waals surface area contributed by atoms with E-state index in [-0.39, 0.29) is 5.41 Å². The van der Waals surface area contributed by atoms with E-state index in [9.17, 15) is 4.79 Å². The number of ether oxygens (including phenoxy) is 1. The molecule has 0 saturated heterocycles. The number of ketones is 1. The number of nitrogens with zero attached hydrogens (tertiary/aromatic N) is 1. The fourth-order valence-electron chi connectivity index (χ4n) is 5.40. The van der Waals surface area contributed by atoms with Gasteiger partial charge in [0, 0.05) is 17.7 Å². The quantitative estimate of drug-likeness (QED) is 0.791. The standard InChI is InChI=1S/C19H23NO2/c1-22-17-4-5-20-16(9-17)2-3-18(21)19-10-13-6-14(11-19)8-15(7-13)12-19/h2-5,9,13-15H,6-8,10-12H2,1H3. The number of hydrogen-bond donors (Lipinski definition) is 0. The smallest absolute Gasteiger partial charge is 0.161 e. The Morgan fingerprint density at radius 1 is 1.23 bits per heavy atom. The molecule has 0 aromatic carbocycles. The number of methoxy groups -OCH3 is 1. The topological polar surface area (TPSA) is 39.2 Å². The zero-order chi connectivity index (χ0) is 15.2. The van der Waals surface area contributed by atoms with E-state index in [0.717, 1.165) is 48.5 Å². The summed E-state index contributed by atoms with van der Waals surface area (Å²) in [5.74, 6) is 3.52. The third-order valence-corrected chi connectivity index (χ3v) is 5.95. The number of carbonyl (C=O) groups is 1. The monoisotopic (exact) mass is 297 g/mol. The molecule has 0 amide bonds. The van der Waals surface area contributed by atoms with Gasteiger partial charge in [-0.15, -0.1) is 0 Å². The molecule has 1 aromatic heterocycles. The first-order chi connectivity index (χ1) is 10.7. The molecule has 116 valence electrons. The molecule has 22 heavy (non-hydrogen) atoms. The number of allylic oxidation sites excluding steroid dienone is 1. The minimum atomic E-state index is -0.0515. The highest BCUT2D eigenvalue weighted by atomic mass is 16.5. The van der Waals surface area contributed by atoms with Gasteiger partial charge in [0.05, 0.1) is 12.8 Å². The highest BCUT2D eigenvalue weighted by Gasteiger charge is 2.53. The maximum Gasteiger partial charge on any atom is 0.161 e. The molecule has 0 unspecified atom stereocenters. The second-order valence-electron chi connectivity index (χ2n) is 7.52. The predicted octanol–water partition coefficient (Wildman–Crippen LogP) is 3.89. The fourth-order valence-corrected chi connectivity index (χ4v) is 5.40. The normalized spacial score (nSPS) is 36.0. The van der Waals surface area contributed by atoms with Crippen LogP contribution in [0.25, 0.3) is 6.08 Å². The summed E-state index contributed by atoms with van der Waals surface area (Å²) in [5.41, 5.74) is 0.738. The molecule has 4 bridgehead atoms. The molecule has 0 aliphatic heterocycles. The summed E-state index contributed by atoms with van der Waals surface area (Å²) in [5, 5.41) is 0. The van der Waals surface area contributed by atoms with E-state index in [1.807, 2.05) is 18.2 Å². The molecule has 0 spiro atoms. The van der Waals surface area contributed by atoms with Gasteiger partial charge in [0.25, 0.3) is 0 Å². The Kier molecular flexibility index (Phi) is 3.32. The molecule has 3 nitrogen and oxygen atoms in total. The lowest BCUT2D eigenvalue weighted by molar-refractivity contribution is -0.138. The lowest BCUT2D eigenvalue weighted by atomic mass is 9.48. The Morgan fingerprint density at radius 3 is 2.45 bits per heavy atom. The van der Waals surface area contributed by atoms with Crippen LogP contribution < -0.4 is 4.74 Å². The molecule has 0 N–H and O–H groups in total. The summed E-state index contributed by atoms with van der Waals surface area (Å²) in [7, 11) is 1.64. The zero-order valence-corrected chi connectivity index (χ0v) is 13.1. The van der Waals surface area contributed by atoms with Crippen LogP contribution in [0.3, 0.4) is 0 Å². The molecule has 4 aliphatic carbocycles. The van der Waals surface area contributed by atoms with Crippen molar-refractivity contribution in [2.24, 2.45) is 23.2 Å². The van der Waals surface area contributed by atoms with Gasteiger partial charge in [0.2, 0.25) is 0 Å². The molecular formula is C19H23NO2. The Morgan fingerprint density at radius 2 is 1.86 bits per heavy atom. The molecule has 4 aliphatic rings. The number of pyridine rings is 1. The van der Waals surface area contributed by atoms with Crippen LogP contribution in [0.1, 0.15) is 44.2 Å². The molecular weight excluding hydrogens is 274 g/mol. The maximum absolute atomic E-state index is 12.9. The summed E-state index contributed by atoms with van der Waals surface area (Å²) < 4.78 is 5.20. The van der Waals surface area contributed by atoms with E-state index in [4.69, 9.17) is 4.74 Å². The Balaban J connectivity index is 1.53. The predicted molar refractivity (Wildman–Crippen MR) is 85.4 cm³/mol. The van der Waals surface area contributed by atoms with E-state index in [1.165, 1.54) is 19.3 Å². The van der Waals surface area contributed by atoms with Crippen molar-refractivity contribution < 1.29 is 9.53 Å². The van der Waals surface area contributed by atoms with Crippen molar-refractivity contribution in [3.05, 3.63) is 30.1 Å². The van der Waals surface area contributed by atoms with E-state index in [1.54, 1.807) is 19.4 Å². The van der Waals surface area contributed by atoms with Crippen molar-refractivity contribution in [3.63, 3.8) is 0 Å². The Bertz CT molecular complexity index is 584. The molecule has 0 radical (unpaired) electrons. The molecule has 5 rings (SSSR count). The average Bonchev–Trinajstić information content (AvgIpc) is 2.51. The lowest BCUT2D eigenvalue weighted by Crippen LogP contribution is -2.49. The lowest BCUT2D eigenvalue weighted by Gasteiger charge is -2.55. The summed E-state index contributed by atoms with van der Waals surface area (Å²) in [6.45, 7) is 0. The number of hydrogen-bond acceptors (Lipinski definition) is 3. The van der Waals surface area contributed by atoms with Crippen LogP contribution in [0.2, 0.25) is 0 Å². The van der Waals surface area contributed by atoms with Crippen molar-refractivity contribution in [2.45, 2.75) is 38.5 Å². The van der Waals surface area contributed by atoms with E-state index in [0.29, 0.717) is 5.78 Å². The van der Waals surface area contributed by atoms with Gasteiger partial charge >= 0.3 is 0 Å². The zero-order valence-electron chi connectivity index (χ0n) is 13.1. The first-order valence-electron chi connectivity index (χ1n) is 8.39. The first kappa shape index (κ1) is 14.0. The van der Waals surface area contributed by atoms with Gasteiger partial charge in [-0.25, -0.2) is 0 Å². The van der Waals surface area contributed by atoms with E-state index < -0.39 is 0 Å². The van der Waals surface area contributed by atoms with Gasteiger partial charge in [-0.2, -0.15) is 0 Å². The van der Waals surface area contributed by atoms with E-state index in [2.05, 4.69) is 4.98 Å². The van der Waals surface area contributed by atoms with Gasteiger partial charge in [0.1, 0.15) is 5.75 Å². The Labute approximate surface area is 131 Å². The van der Waals surface area contributed by atoms with Gasteiger partial charge in [-0.05, 0) is 74.5 Å². The molecule has 4 saturated carbocycles. The van der Waals surface area contributed by atoms with Gasteiger partial charge in [-0.1, -0.05) is 0 Å². The Hall–Kier alpha value is -1.64. The maximum atomic E-state index is 12.9. The molecule has 1 heterocycles. The average molecular weight is 297 g/mol. The van der Waals surface area contributed by atoms with Crippen LogP contribution in [-0.2, 0) is 4.79 Å². The van der Waals surface area contributed by atoms with Crippen molar-refractivity contribution in [1.29, 1.82) is 0 Å². The SMILES string of the molecule is COc1ccnc(C=CC(=O)C23CC4CC(CC(C4)C2)C3)c1.